The van der Waals surface area contributed by atoms with Gasteiger partial charge in [0, 0.05) is 12.2 Å². The highest BCUT2D eigenvalue weighted by molar-refractivity contribution is 5.77. The first-order valence-electron chi connectivity index (χ1n) is 6.33. The van der Waals surface area contributed by atoms with E-state index in [1.165, 1.54) is 0 Å². The maximum Gasteiger partial charge on any atom is 0.246 e. The van der Waals surface area contributed by atoms with Crippen molar-refractivity contribution in [1.82, 2.24) is 5.32 Å². The fourth-order valence-corrected chi connectivity index (χ4v) is 1.60. The molecule has 1 aromatic carbocycles. The molecule has 3 N–H and O–H groups in total. The molecule has 0 saturated heterocycles. The van der Waals surface area contributed by atoms with Crippen LogP contribution in [0.1, 0.15) is 31.0 Å². The van der Waals surface area contributed by atoms with Gasteiger partial charge in [0.1, 0.15) is 6.61 Å². The van der Waals surface area contributed by atoms with Gasteiger partial charge in [0.15, 0.2) is 0 Å². The van der Waals surface area contributed by atoms with Crippen molar-refractivity contribution in [3.63, 3.8) is 0 Å². The van der Waals surface area contributed by atoms with Gasteiger partial charge in [0.2, 0.25) is 5.91 Å². The molecule has 0 aliphatic carbocycles. The summed E-state index contributed by atoms with van der Waals surface area (Å²) in [7, 11) is 0. The number of ether oxygens (including phenoxy) is 1. The van der Waals surface area contributed by atoms with E-state index in [2.05, 4.69) is 17.2 Å². The highest BCUT2D eigenvalue weighted by Gasteiger charge is 2.09. The van der Waals surface area contributed by atoms with E-state index in [1.807, 2.05) is 38.1 Å². The molecule has 0 saturated carbocycles. The minimum absolute atomic E-state index is 0.0763. The number of hydrogen-bond donors (Lipinski definition) is 2. The van der Waals surface area contributed by atoms with Crippen LogP contribution >= 0.6 is 0 Å². The Bertz CT molecular complexity index is 475. The Morgan fingerprint density at radius 1 is 1.53 bits per heavy atom. The zero-order valence-electron chi connectivity index (χ0n) is 11.4. The van der Waals surface area contributed by atoms with Gasteiger partial charge in [-0.05, 0) is 31.5 Å². The lowest BCUT2D eigenvalue weighted by atomic mass is 10.1. The quantitative estimate of drug-likeness (QED) is 0.782. The highest BCUT2D eigenvalue weighted by Crippen LogP contribution is 2.13. The lowest BCUT2D eigenvalue weighted by Crippen LogP contribution is -2.30. The van der Waals surface area contributed by atoms with E-state index in [1.54, 1.807) is 0 Å². The number of carbonyl (C=O) groups excluding carboxylic acids is 1. The van der Waals surface area contributed by atoms with Gasteiger partial charge in [-0.3, -0.25) is 4.79 Å². The smallest absolute Gasteiger partial charge is 0.246 e. The second-order valence-electron chi connectivity index (χ2n) is 4.06. The van der Waals surface area contributed by atoms with Crippen molar-refractivity contribution < 1.29 is 9.53 Å². The third kappa shape index (κ3) is 5.56. The van der Waals surface area contributed by atoms with Crippen LogP contribution in [-0.4, -0.2) is 25.7 Å². The monoisotopic (exact) mass is 260 g/mol. The van der Waals surface area contributed by atoms with Crippen LogP contribution in [0, 0.1) is 11.8 Å². The Balaban J connectivity index is 2.66. The predicted molar refractivity (Wildman–Crippen MR) is 75.4 cm³/mol. The fourth-order valence-electron chi connectivity index (χ4n) is 1.60. The average molecular weight is 260 g/mol. The Hall–Kier alpha value is -1.83. The number of nitrogens with one attached hydrogen (secondary N) is 1. The summed E-state index contributed by atoms with van der Waals surface area (Å²) in [5, 5.41) is 2.88. The van der Waals surface area contributed by atoms with E-state index in [0.717, 1.165) is 11.1 Å². The largest absolute Gasteiger partial charge is 0.372 e. The third-order valence-electron chi connectivity index (χ3n) is 2.54. The Kier molecular flexibility index (Phi) is 6.65. The Morgan fingerprint density at radius 3 is 3.00 bits per heavy atom. The van der Waals surface area contributed by atoms with Crippen LogP contribution in [-0.2, 0) is 9.53 Å². The van der Waals surface area contributed by atoms with Gasteiger partial charge >= 0.3 is 0 Å². The van der Waals surface area contributed by atoms with Crippen LogP contribution in [0.15, 0.2) is 24.3 Å². The summed E-state index contributed by atoms with van der Waals surface area (Å²) in [5.41, 5.74) is 7.25. The molecule has 0 fully saturated rings. The first-order chi connectivity index (χ1) is 9.17. The Labute approximate surface area is 114 Å². The van der Waals surface area contributed by atoms with Crippen LogP contribution < -0.4 is 11.1 Å². The zero-order chi connectivity index (χ0) is 14.1. The molecule has 1 atom stereocenters. The van der Waals surface area contributed by atoms with Gasteiger partial charge in [-0.2, -0.15) is 0 Å². The second-order valence-corrected chi connectivity index (χ2v) is 4.06. The number of rotatable bonds is 5. The molecule has 1 rings (SSSR count). The van der Waals surface area contributed by atoms with E-state index in [0.29, 0.717) is 13.2 Å². The Morgan fingerprint density at radius 2 is 2.32 bits per heavy atom. The summed E-state index contributed by atoms with van der Waals surface area (Å²) < 4.78 is 5.06. The van der Waals surface area contributed by atoms with Gasteiger partial charge in [-0.25, -0.2) is 0 Å². The summed E-state index contributed by atoms with van der Waals surface area (Å²) in [4.78, 5) is 11.6. The van der Waals surface area contributed by atoms with Crippen LogP contribution in [0.2, 0.25) is 0 Å². The summed E-state index contributed by atoms with van der Waals surface area (Å²) in [6, 6.07) is 7.67. The van der Waals surface area contributed by atoms with E-state index in [-0.39, 0.29) is 18.6 Å². The summed E-state index contributed by atoms with van der Waals surface area (Å²) in [6.45, 7) is 4.75. The van der Waals surface area contributed by atoms with Crippen LogP contribution in [0.4, 0.5) is 0 Å². The highest BCUT2D eigenvalue weighted by atomic mass is 16.5. The van der Waals surface area contributed by atoms with Crippen molar-refractivity contribution in [3.05, 3.63) is 35.4 Å². The van der Waals surface area contributed by atoms with Gasteiger partial charge in [0.25, 0.3) is 0 Å². The number of hydrogen-bond acceptors (Lipinski definition) is 3. The molecule has 102 valence electrons. The standard InChI is InChI=1S/C15H20N2O2/c1-3-19-11-15(18)17-12(2)14-8-4-6-13(10-14)7-5-9-16/h4,6,8,10,12H,3,9,11,16H2,1-2H3,(H,17,18). The number of carbonyl (C=O) groups is 1. The summed E-state index contributed by atoms with van der Waals surface area (Å²) in [5.74, 6) is 5.67. The van der Waals surface area contributed by atoms with E-state index in [9.17, 15) is 4.79 Å². The minimum Gasteiger partial charge on any atom is -0.372 e. The number of benzene rings is 1. The molecule has 4 heteroatoms. The van der Waals surface area contributed by atoms with Crippen molar-refractivity contribution in [2.45, 2.75) is 19.9 Å². The molecule has 4 nitrogen and oxygen atoms in total. The van der Waals surface area contributed by atoms with Crippen LogP contribution in [0.25, 0.3) is 0 Å². The van der Waals surface area contributed by atoms with Crippen LogP contribution in [0.5, 0.6) is 0 Å². The van der Waals surface area contributed by atoms with Gasteiger partial charge in [-0.1, -0.05) is 24.0 Å². The molecule has 0 aliphatic rings. The summed E-state index contributed by atoms with van der Waals surface area (Å²) in [6.07, 6.45) is 0. The lowest BCUT2D eigenvalue weighted by Gasteiger charge is -2.14. The third-order valence-corrected chi connectivity index (χ3v) is 2.54. The topological polar surface area (TPSA) is 64.3 Å². The normalized spacial score (nSPS) is 11.3. The van der Waals surface area contributed by atoms with E-state index >= 15 is 0 Å². The van der Waals surface area contributed by atoms with Crippen molar-refractivity contribution >= 4 is 5.91 Å². The fraction of sp³-hybridized carbons (Fsp3) is 0.400. The molecule has 1 unspecified atom stereocenters. The van der Waals surface area contributed by atoms with Gasteiger partial charge < -0.3 is 15.8 Å². The molecular formula is C15H20N2O2. The molecule has 19 heavy (non-hydrogen) atoms. The zero-order valence-corrected chi connectivity index (χ0v) is 11.4. The first kappa shape index (κ1) is 15.2. The maximum absolute atomic E-state index is 11.6. The lowest BCUT2D eigenvalue weighted by molar-refractivity contribution is -0.126. The van der Waals surface area contributed by atoms with Crippen LogP contribution in [0.3, 0.4) is 0 Å². The molecule has 0 aromatic heterocycles. The van der Waals surface area contributed by atoms with E-state index in [4.69, 9.17) is 10.5 Å². The SMILES string of the molecule is CCOCC(=O)NC(C)c1cccc(C#CCN)c1. The second kappa shape index (κ2) is 8.30. The minimum atomic E-state index is -0.118. The molecule has 0 radical (unpaired) electrons. The van der Waals surface area contributed by atoms with Gasteiger partial charge in [-0.15, -0.1) is 0 Å². The molecule has 0 bridgehead atoms. The first-order valence-corrected chi connectivity index (χ1v) is 6.33. The summed E-state index contributed by atoms with van der Waals surface area (Å²) >= 11 is 0. The van der Waals surface area contributed by atoms with Crippen molar-refractivity contribution in [1.29, 1.82) is 0 Å². The van der Waals surface area contributed by atoms with Gasteiger partial charge in [0.05, 0.1) is 12.6 Å². The molecular weight excluding hydrogens is 240 g/mol. The van der Waals surface area contributed by atoms with Crippen molar-refractivity contribution in [2.75, 3.05) is 19.8 Å². The van der Waals surface area contributed by atoms with Crippen molar-refractivity contribution in [2.24, 2.45) is 5.73 Å². The molecule has 0 spiro atoms. The molecule has 1 amide bonds. The van der Waals surface area contributed by atoms with Crippen molar-refractivity contribution in [3.8, 4) is 11.8 Å². The molecule has 1 aromatic rings. The number of amides is 1. The maximum atomic E-state index is 11.6. The molecule has 0 aliphatic heterocycles. The molecule has 0 heterocycles. The number of nitrogens with two attached hydrogens (primary N) is 1. The van der Waals surface area contributed by atoms with E-state index < -0.39 is 0 Å². The average Bonchev–Trinajstić information content (AvgIpc) is 2.43. The predicted octanol–water partition coefficient (Wildman–Crippen LogP) is 1.21.